The molecule has 0 amide bonds. The molecule has 1 N–H and O–H groups in total. The number of hydrogen-bond donors (Lipinski definition) is 1. The topological polar surface area (TPSA) is 12.0 Å². The van der Waals surface area contributed by atoms with Crippen LogP contribution in [0.2, 0.25) is 0 Å². The van der Waals surface area contributed by atoms with Crippen molar-refractivity contribution in [3.63, 3.8) is 0 Å². The van der Waals surface area contributed by atoms with Crippen LogP contribution in [0.15, 0.2) is 42.5 Å². The standard InChI is InChI=1S/C13H12F3N/c14-13(15,16)8-9-17-12-7-3-5-10-4-1-2-6-11(10)12/h1-7,17H,8-9H2. The van der Waals surface area contributed by atoms with Crippen molar-refractivity contribution in [1.29, 1.82) is 0 Å². The number of nitrogens with one attached hydrogen (secondary N) is 1. The summed E-state index contributed by atoms with van der Waals surface area (Å²) in [6.07, 6.45) is -4.94. The molecule has 0 unspecified atom stereocenters. The maximum Gasteiger partial charge on any atom is 0.390 e. The van der Waals surface area contributed by atoms with Crippen LogP contribution in [0.5, 0.6) is 0 Å². The summed E-state index contributed by atoms with van der Waals surface area (Å²) < 4.78 is 36.1. The van der Waals surface area contributed by atoms with Gasteiger partial charge in [-0.3, -0.25) is 0 Å². The second-order valence-electron chi connectivity index (χ2n) is 3.82. The maximum absolute atomic E-state index is 12.0. The van der Waals surface area contributed by atoms with E-state index in [1.807, 2.05) is 36.4 Å². The van der Waals surface area contributed by atoms with Gasteiger partial charge in [0.15, 0.2) is 0 Å². The normalized spacial score (nSPS) is 11.7. The van der Waals surface area contributed by atoms with E-state index in [-0.39, 0.29) is 6.54 Å². The van der Waals surface area contributed by atoms with Gasteiger partial charge in [-0.2, -0.15) is 13.2 Å². The molecule has 0 saturated heterocycles. The molecule has 0 spiro atoms. The first kappa shape index (κ1) is 11.8. The molecular formula is C13H12F3N. The van der Waals surface area contributed by atoms with E-state index in [4.69, 9.17) is 0 Å². The average molecular weight is 239 g/mol. The fourth-order valence-electron chi connectivity index (χ4n) is 1.72. The Bertz CT molecular complexity index is 500. The minimum Gasteiger partial charge on any atom is -0.384 e. The molecule has 4 heteroatoms. The molecule has 1 nitrogen and oxygen atoms in total. The molecule has 2 aromatic rings. The molecule has 0 bridgehead atoms. The summed E-state index contributed by atoms with van der Waals surface area (Å²) in [4.78, 5) is 0. The first-order chi connectivity index (χ1) is 8.06. The Morgan fingerprint density at radius 3 is 2.41 bits per heavy atom. The number of fused-ring (bicyclic) bond motifs is 1. The van der Waals surface area contributed by atoms with Gasteiger partial charge < -0.3 is 5.32 Å². The van der Waals surface area contributed by atoms with Crippen molar-refractivity contribution in [2.45, 2.75) is 12.6 Å². The van der Waals surface area contributed by atoms with E-state index in [1.165, 1.54) is 0 Å². The van der Waals surface area contributed by atoms with Crippen molar-refractivity contribution < 1.29 is 13.2 Å². The van der Waals surface area contributed by atoms with Gasteiger partial charge in [-0.25, -0.2) is 0 Å². The number of halogens is 3. The predicted octanol–water partition coefficient (Wildman–Crippen LogP) is 4.20. The van der Waals surface area contributed by atoms with E-state index in [0.717, 1.165) is 16.5 Å². The van der Waals surface area contributed by atoms with Crippen molar-refractivity contribution in [3.8, 4) is 0 Å². The van der Waals surface area contributed by atoms with Crippen molar-refractivity contribution in [2.75, 3.05) is 11.9 Å². The number of anilines is 1. The predicted molar refractivity (Wildman–Crippen MR) is 63.1 cm³/mol. The minimum absolute atomic E-state index is 0.0997. The van der Waals surface area contributed by atoms with E-state index in [0.29, 0.717) is 0 Å². The minimum atomic E-state index is -4.11. The number of hydrogen-bond acceptors (Lipinski definition) is 1. The van der Waals surface area contributed by atoms with Crippen LogP contribution >= 0.6 is 0 Å². The molecule has 0 heterocycles. The van der Waals surface area contributed by atoms with Crippen LogP contribution in [0.25, 0.3) is 10.8 Å². The molecule has 0 radical (unpaired) electrons. The molecule has 90 valence electrons. The molecule has 0 saturated carbocycles. The van der Waals surface area contributed by atoms with Gasteiger partial charge >= 0.3 is 6.18 Å². The summed E-state index contributed by atoms with van der Waals surface area (Å²) in [7, 11) is 0. The zero-order valence-corrected chi connectivity index (χ0v) is 9.09. The maximum atomic E-state index is 12.0. The Labute approximate surface area is 97.3 Å². The van der Waals surface area contributed by atoms with Crippen molar-refractivity contribution in [1.82, 2.24) is 0 Å². The van der Waals surface area contributed by atoms with Crippen LogP contribution in [-0.2, 0) is 0 Å². The first-order valence-corrected chi connectivity index (χ1v) is 5.35. The Morgan fingerprint density at radius 1 is 0.941 bits per heavy atom. The van der Waals surface area contributed by atoms with Gasteiger partial charge in [-0.1, -0.05) is 36.4 Å². The van der Waals surface area contributed by atoms with Crippen molar-refractivity contribution >= 4 is 16.5 Å². The van der Waals surface area contributed by atoms with E-state index in [2.05, 4.69) is 5.32 Å². The fraction of sp³-hybridized carbons (Fsp3) is 0.231. The third-order valence-corrected chi connectivity index (χ3v) is 2.51. The van der Waals surface area contributed by atoms with Crippen LogP contribution in [0.1, 0.15) is 6.42 Å². The highest BCUT2D eigenvalue weighted by Gasteiger charge is 2.26. The lowest BCUT2D eigenvalue weighted by atomic mass is 10.1. The zero-order chi connectivity index (χ0) is 12.3. The molecule has 0 aliphatic heterocycles. The van der Waals surface area contributed by atoms with Gasteiger partial charge in [-0.15, -0.1) is 0 Å². The zero-order valence-electron chi connectivity index (χ0n) is 9.09. The SMILES string of the molecule is FC(F)(F)CCNc1cccc2ccccc12. The molecule has 0 aliphatic carbocycles. The molecule has 17 heavy (non-hydrogen) atoms. The second-order valence-corrected chi connectivity index (χ2v) is 3.82. The van der Waals surface area contributed by atoms with Crippen LogP contribution < -0.4 is 5.32 Å². The monoisotopic (exact) mass is 239 g/mol. The van der Waals surface area contributed by atoms with Gasteiger partial charge in [0, 0.05) is 17.6 Å². The highest BCUT2D eigenvalue weighted by Crippen LogP contribution is 2.24. The van der Waals surface area contributed by atoms with E-state index < -0.39 is 12.6 Å². The van der Waals surface area contributed by atoms with Crippen molar-refractivity contribution in [3.05, 3.63) is 42.5 Å². The Hall–Kier alpha value is -1.71. The van der Waals surface area contributed by atoms with Crippen LogP contribution in [0.4, 0.5) is 18.9 Å². The van der Waals surface area contributed by atoms with Crippen LogP contribution in [-0.4, -0.2) is 12.7 Å². The lowest BCUT2D eigenvalue weighted by Crippen LogP contribution is -2.14. The summed E-state index contributed by atoms with van der Waals surface area (Å²) in [5.74, 6) is 0. The molecular weight excluding hydrogens is 227 g/mol. The lowest BCUT2D eigenvalue weighted by molar-refractivity contribution is -0.131. The van der Waals surface area contributed by atoms with Gasteiger partial charge in [0.1, 0.15) is 0 Å². The van der Waals surface area contributed by atoms with Crippen molar-refractivity contribution in [2.24, 2.45) is 0 Å². The summed E-state index contributed by atoms with van der Waals surface area (Å²) in [5.41, 5.74) is 0.743. The Balaban J connectivity index is 2.13. The molecule has 0 aliphatic rings. The lowest BCUT2D eigenvalue weighted by Gasteiger charge is -2.11. The molecule has 0 fully saturated rings. The summed E-state index contributed by atoms with van der Waals surface area (Å²) in [6.45, 7) is -0.0997. The van der Waals surface area contributed by atoms with Crippen LogP contribution in [0, 0.1) is 0 Å². The average Bonchev–Trinajstić information content (AvgIpc) is 2.28. The van der Waals surface area contributed by atoms with E-state index in [1.54, 1.807) is 6.07 Å². The number of rotatable bonds is 3. The largest absolute Gasteiger partial charge is 0.390 e. The highest BCUT2D eigenvalue weighted by molar-refractivity contribution is 5.93. The molecule has 0 atom stereocenters. The summed E-state index contributed by atoms with van der Waals surface area (Å²) in [5, 5.41) is 4.78. The summed E-state index contributed by atoms with van der Waals surface area (Å²) >= 11 is 0. The van der Waals surface area contributed by atoms with E-state index in [9.17, 15) is 13.2 Å². The molecule has 2 rings (SSSR count). The highest BCUT2D eigenvalue weighted by atomic mass is 19.4. The number of alkyl halides is 3. The second kappa shape index (κ2) is 4.65. The fourth-order valence-corrected chi connectivity index (χ4v) is 1.72. The first-order valence-electron chi connectivity index (χ1n) is 5.35. The van der Waals surface area contributed by atoms with Gasteiger partial charge in [0.05, 0.1) is 6.42 Å². The quantitative estimate of drug-likeness (QED) is 0.846. The number of benzene rings is 2. The summed E-state index contributed by atoms with van der Waals surface area (Å²) in [6, 6.07) is 13.2. The molecule has 2 aromatic carbocycles. The third kappa shape index (κ3) is 3.12. The molecule has 0 aromatic heterocycles. The van der Waals surface area contributed by atoms with E-state index >= 15 is 0 Å². The van der Waals surface area contributed by atoms with Gasteiger partial charge in [-0.05, 0) is 11.5 Å². The van der Waals surface area contributed by atoms with Gasteiger partial charge in [0.25, 0.3) is 0 Å². The third-order valence-electron chi connectivity index (χ3n) is 2.51. The Kier molecular flexibility index (Phi) is 3.22. The Morgan fingerprint density at radius 2 is 1.65 bits per heavy atom. The van der Waals surface area contributed by atoms with Gasteiger partial charge in [0.2, 0.25) is 0 Å². The van der Waals surface area contributed by atoms with Crippen LogP contribution in [0.3, 0.4) is 0 Å². The smallest absolute Gasteiger partial charge is 0.384 e.